The number of hydrogen-bond donors (Lipinski definition) is 1. The average molecular weight is 242 g/mol. The van der Waals surface area contributed by atoms with Crippen molar-refractivity contribution in [1.82, 2.24) is 0 Å². The van der Waals surface area contributed by atoms with Gasteiger partial charge >= 0.3 is 0 Å². The maximum atomic E-state index is 11.0. The fourth-order valence-electron chi connectivity index (χ4n) is 1.16. The lowest BCUT2D eigenvalue weighted by Crippen LogP contribution is -2.12. The van der Waals surface area contributed by atoms with Gasteiger partial charge in [0.1, 0.15) is 11.6 Å². The maximum absolute atomic E-state index is 11.0. The van der Waals surface area contributed by atoms with Crippen molar-refractivity contribution in [1.29, 1.82) is 0 Å². The van der Waals surface area contributed by atoms with E-state index >= 15 is 0 Å². The molecule has 0 spiro atoms. The van der Waals surface area contributed by atoms with Crippen LogP contribution in [-0.4, -0.2) is 18.4 Å². The van der Waals surface area contributed by atoms with Crippen LogP contribution in [0.5, 0.6) is 5.75 Å². The van der Waals surface area contributed by atoms with Gasteiger partial charge in [-0.15, -0.1) is 11.6 Å². The predicted molar refractivity (Wildman–Crippen MR) is 66.2 cm³/mol. The van der Waals surface area contributed by atoms with E-state index in [9.17, 15) is 4.79 Å². The minimum atomic E-state index is -0.207. The Bertz CT molecular complexity index is 324. The molecule has 1 amide bonds. The lowest BCUT2D eigenvalue weighted by atomic mass is 10.3. The predicted octanol–water partition coefficient (Wildman–Crippen LogP) is 3.04. The molecule has 1 aromatic rings. The summed E-state index contributed by atoms with van der Waals surface area (Å²) >= 11 is 5.38. The van der Waals surface area contributed by atoms with E-state index in [1.165, 1.54) is 0 Å². The smallest absolute Gasteiger partial charge is 0.239 e. The van der Waals surface area contributed by atoms with E-state index in [-0.39, 0.29) is 11.8 Å². The van der Waals surface area contributed by atoms with Gasteiger partial charge in [-0.3, -0.25) is 4.79 Å². The Morgan fingerprint density at radius 2 is 2.06 bits per heavy atom. The first-order chi connectivity index (χ1) is 7.76. The Labute approximate surface area is 101 Å². The number of anilines is 1. The molecule has 3 nitrogen and oxygen atoms in total. The van der Waals surface area contributed by atoms with Gasteiger partial charge in [0.05, 0.1) is 6.61 Å². The number of amides is 1. The Balaban J connectivity index is 2.44. The Hall–Kier alpha value is -1.22. The molecule has 0 aliphatic rings. The zero-order chi connectivity index (χ0) is 11.8. The molecule has 0 aliphatic heterocycles. The highest BCUT2D eigenvalue weighted by atomic mass is 35.5. The molecule has 1 rings (SSSR count). The molecule has 0 saturated carbocycles. The summed E-state index contributed by atoms with van der Waals surface area (Å²) in [5, 5.41) is 2.66. The largest absolute Gasteiger partial charge is 0.494 e. The van der Waals surface area contributed by atoms with Crippen molar-refractivity contribution in [2.24, 2.45) is 0 Å². The number of carbonyl (C=O) groups excluding carboxylic acids is 1. The first-order valence-electron chi connectivity index (χ1n) is 5.35. The standard InChI is InChI=1S/C12H16ClNO2/c1-2-3-8-16-11-6-4-10(5-7-11)14-12(15)9-13/h4-7H,2-3,8-9H2,1H3,(H,14,15). The Kier molecular flexibility index (Phi) is 5.72. The highest BCUT2D eigenvalue weighted by molar-refractivity contribution is 6.29. The molecule has 4 heteroatoms. The number of rotatable bonds is 6. The molecule has 0 aliphatic carbocycles. The van der Waals surface area contributed by atoms with Crippen LogP contribution in [0.1, 0.15) is 19.8 Å². The van der Waals surface area contributed by atoms with Crippen LogP contribution in [0.3, 0.4) is 0 Å². The Morgan fingerprint density at radius 1 is 1.38 bits per heavy atom. The van der Waals surface area contributed by atoms with Crippen molar-refractivity contribution in [2.75, 3.05) is 17.8 Å². The number of unbranched alkanes of at least 4 members (excludes halogenated alkanes) is 1. The van der Waals surface area contributed by atoms with E-state index in [4.69, 9.17) is 16.3 Å². The SMILES string of the molecule is CCCCOc1ccc(NC(=O)CCl)cc1. The quantitative estimate of drug-likeness (QED) is 0.614. The molecule has 0 bridgehead atoms. The van der Waals surface area contributed by atoms with Gasteiger partial charge in [-0.1, -0.05) is 13.3 Å². The van der Waals surface area contributed by atoms with Gasteiger partial charge in [0.2, 0.25) is 5.91 Å². The number of hydrogen-bond acceptors (Lipinski definition) is 2. The van der Waals surface area contributed by atoms with Crippen LogP contribution in [0.15, 0.2) is 24.3 Å². The molecular formula is C12H16ClNO2. The third-order valence-electron chi connectivity index (χ3n) is 2.03. The number of halogens is 1. The van der Waals surface area contributed by atoms with Gasteiger partial charge in [0, 0.05) is 5.69 Å². The van der Waals surface area contributed by atoms with Gasteiger partial charge in [-0.2, -0.15) is 0 Å². The second kappa shape index (κ2) is 7.12. The minimum absolute atomic E-state index is 0.0330. The molecule has 0 fully saturated rings. The summed E-state index contributed by atoms with van der Waals surface area (Å²) in [6.07, 6.45) is 2.16. The fraction of sp³-hybridized carbons (Fsp3) is 0.417. The molecule has 88 valence electrons. The van der Waals surface area contributed by atoms with Crippen molar-refractivity contribution >= 4 is 23.2 Å². The fourth-order valence-corrected chi connectivity index (χ4v) is 1.23. The molecule has 0 radical (unpaired) electrons. The molecule has 1 N–H and O–H groups in total. The monoisotopic (exact) mass is 241 g/mol. The van der Waals surface area contributed by atoms with Gasteiger partial charge in [0.25, 0.3) is 0 Å². The summed E-state index contributed by atoms with van der Waals surface area (Å²) in [7, 11) is 0. The second-order valence-corrected chi connectivity index (χ2v) is 3.68. The van der Waals surface area contributed by atoms with Crippen LogP contribution in [0.2, 0.25) is 0 Å². The minimum Gasteiger partial charge on any atom is -0.494 e. The molecule has 0 unspecified atom stereocenters. The third-order valence-corrected chi connectivity index (χ3v) is 2.27. The van der Waals surface area contributed by atoms with Crippen LogP contribution in [0.25, 0.3) is 0 Å². The molecule has 0 heterocycles. The molecular weight excluding hydrogens is 226 g/mol. The lowest BCUT2D eigenvalue weighted by Gasteiger charge is -2.07. The van der Waals surface area contributed by atoms with Gasteiger partial charge in [0.15, 0.2) is 0 Å². The zero-order valence-electron chi connectivity index (χ0n) is 9.33. The topological polar surface area (TPSA) is 38.3 Å². The van der Waals surface area contributed by atoms with E-state index in [1.54, 1.807) is 12.1 Å². The molecule has 0 atom stereocenters. The van der Waals surface area contributed by atoms with E-state index in [2.05, 4.69) is 12.2 Å². The summed E-state index contributed by atoms with van der Waals surface area (Å²) < 4.78 is 5.49. The van der Waals surface area contributed by atoms with Crippen molar-refractivity contribution in [3.05, 3.63) is 24.3 Å². The van der Waals surface area contributed by atoms with Crippen molar-refractivity contribution in [3.8, 4) is 5.75 Å². The normalized spacial score (nSPS) is 9.88. The average Bonchev–Trinajstić information content (AvgIpc) is 2.31. The Morgan fingerprint density at radius 3 is 2.62 bits per heavy atom. The summed E-state index contributed by atoms with van der Waals surface area (Å²) in [5.41, 5.74) is 0.730. The second-order valence-electron chi connectivity index (χ2n) is 3.41. The number of benzene rings is 1. The summed E-state index contributed by atoms with van der Waals surface area (Å²) in [6.45, 7) is 2.85. The number of carbonyl (C=O) groups is 1. The number of ether oxygens (including phenoxy) is 1. The van der Waals surface area contributed by atoms with Crippen molar-refractivity contribution in [3.63, 3.8) is 0 Å². The van der Waals surface area contributed by atoms with Crippen LogP contribution in [-0.2, 0) is 4.79 Å². The van der Waals surface area contributed by atoms with E-state index in [0.717, 1.165) is 30.9 Å². The zero-order valence-corrected chi connectivity index (χ0v) is 10.1. The summed E-state index contributed by atoms with van der Waals surface area (Å²) in [6, 6.07) is 7.26. The lowest BCUT2D eigenvalue weighted by molar-refractivity contribution is -0.113. The molecule has 1 aromatic carbocycles. The van der Waals surface area contributed by atoms with Crippen molar-refractivity contribution in [2.45, 2.75) is 19.8 Å². The van der Waals surface area contributed by atoms with Crippen molar-refractivity contribution < 1.29 is 9.53 Å². The van der Waals surface area contributed by atoms with Gasteiger partial charge < -0.3 is 10.1 Å². The maximum Gasteiger partial charge on any atom is 0.239 e. The van der Waals surface area contributed by atoms with Gasteiger partial charge in [-0.05, 0) is 30.7 Å². The third kappa shape index (κ3) is 4.53. The van der Waals surface area contributed by atoms with E-state index in [1.807, 2.05) is 12.1 Å². The number of alkyl halides is 1. The summed E-state index contributed by atoms with van der Waals surface area (Å²) in [5.74, 6) is 0.577. The van der Waals surface area contributed by atoms with E-state index in [0.29, 0.717) is 0 Å². The van der Waals surface area contributed by atoms with E-state index < -0.39 is 0 Å². The molecule has 0 aromatic heterocycles. The van der Waals surface area contributed by atoms with Crippen LogP contribution in [0, 0.1) is 0 Å². The highest BCUT2D eigenvalue weighted by Gasteiger charge is 1.99. The van der Waals surface area contributed by atoms with Gasteiger partial charge in [-0.25, -0.2) is 0 Å². The summed E-state index contributed by atoms with van der Waals surface area (Å²) in [4.78, 5) is 11.0. The molecule has 0 saturated heterocycles. The first kappa shape index (κ1) is 12.8. The van der Waals surface area contributed by atoms with Crippen LogP contribution >= 0.6 is 11.6 Å². The van der Waals surface area contributed by atoms with Crippen LogP contribution in [0.4, 0.5) is 5.69 Å². The number of nitrogens with one attached hydrogen (secondary N) is 1. The van der Waals surface area contributed by atoms with Crippen LogP contribution < -0.4 is 10.1 Å². The highest BCUT2D eigenvalue weighted by Crippen LogP contribution is 2.15. The first-order valence-corrected chi connectivity index (χ1v) is 5.88. The molecule has 16 heavy (non-hydrogen) atoms.